The maximum absolute atomic E-state index is 12.0. The predicted molar refractivity (Wildman–Crippen MR) is 101 cm³/mol. The Morgan fingerprint density at radius 1 is 1.17 bits per heavy atom. The summed E-state index contributed by atoms with van der Waals surface area (Å²) in [7, 11) is 1.32. The third-order valence-electron chi connectivity index (χ3n) is 3.43. The Kier molecular flexibility index (Phi) is 4.94. The van der Waals surface area contributed by atoms with Crippen LogP contribution in [-0.2, 0) is 4.74 Å². The van der Waals surface area contributed by atoms with E-state index in [1.807, 2.05) is 12.1 Å². The standard InChI is InChI=1S/C17H11BrCl2N2O2/c1-24-17(23)12-7-10(20)3-5-15(12)22-16-11-6-9(19)2-4-14(11)21-8-13(16)18/h2-8H,1H3,(H,21,22). The van der Waals surface area contributed by atoms with E-state index >= 15 is 0 Å². The van der Waals surface area contributed by atoms with E-state index in [0.29, 0.717) is 21.3 Å². The highest BCUT2D eigenvalue weighted by atomic mass is 79.9. The third-order valence-corrected chi connectivity index (χ3v) is 4.50. The second kappa shape index (κ2) is 6.97. The number of aromatic nitrogens is 1. The highest BCUT2D eigenvalue weighted by Crippen LogP contribution is 2.35. The second-order valence-electron chi connectivity index (χ2n) is 4.95. The van der Waals surface area contributed by atoms with Crippen molar-refractivity contribution in [3.8, 4) is 0 Å². The molecule has 1 aromatic heterocycles. The molecule has 7 heteroatoms. The van der Waals surface area contributed by atoms with E-state index in [0.717, 1.165) is 21.1 Å². The van der Waals surface area contributed by atoms with Gasteiger partial charge in [-0.25, -0.2) is 4.79 Å². The lowest BCUT2D eigenvalue weighted by Gasteiger charge is -2.14. The number of pyridine rings is 1. The average molecular weight is 426 g/mol. The van der Waals surface area contributed by atoms with Crippen molar-refractivity contribution in [2.75, 3.05) is 12.4 Å². The largest absolute Gasteiger partial charge is 0.465 e. The number of carbonyl (C=O) groups is 1. The summed E-state index contributed by atoms with van der Waals surface area (Å²) in [5, 5.41) is 5.11. The molecule has 0 fully saturated rings. The number of esters is 1. The fourth-order valence-electron chi connectivity index (χ4n) is 2.31. The van der Waals surface area contributed by atoms with Crippen LogP contribution in [0.4, 0.5) is 11.4 Å². The molecule has 0 atom stereocenters. The van der Waals surface area contributed by atoms with Gasteiger partial charge < -0.3 is 10.1 Å². The van der Waals surface area contributed by atoms with Gasteiger partial charge in [0, 0.05) is 21.6 Å². The number of anilines is 2. The number of halogens is 3. The molecule has 3 rings (SSSR count). The number of fused-ring (bicyclic) bond motifs is 1. The minimum atomic E-state index is -0.479. The number of ether oxygens (including phenoxy) is 1. The number of rotatable bonds is 3. The Labute approximate surface area is 156 Å². The van der Waals surface area contributed by atoms with Gasteiger partial charge in [-0.3, -0.25) is 4.98 Å². The molecule has 2 aromatic carbocycles. The Balaban J connectivity index is 2.16. The fourth-order valence-corrected chi connectivity index (χ4v) is 3.07. The molecule has 1 N–H and O–H groups in total. The predicted octanol–water partition coefficient (Wildman–Crippen LogP) is 5.83. The molecule has 24 heavy (non-hydrogen) atoms. The fraction of sp³-hybridized carbons (Fsp3) is 0.0588. The van der Waals surface area contributed by atoms with Gasteiger partial charge in [0.05, 0.1) is 34.0 Å². The lowest BCUT2D eigenvalue weighted by molar-refractivity contribution is 0.0602. The SMILES string of the molecule is COC(=O)c1cc(Cl)ccc1Nc1c(Br)cnc2ccc(Cl)cc12. The van der Waals surface area contributed by atoms with E-state index in [9.17, 15) is 4.79 Å². The van der Waals surface area contributed by atoms with Gasteiger partial charge in [0.15, 0.2) is 0 Å². The summed E-state index contributed by atoms with van der Waals surface area (Å²) in [6.07, 6.45) is 1.69. The topological polar surface area (TPSA) is 51.2 Å². The van der Waals surface area contributed by atoms with Crippen molar-refractivity contribution in [2.24, 2.45) is 0 Å². The van der Waals surface area contributed by atoms with Gasteiger partial charge in [-0.1, -0.05) is 23.2 Å². The summed E-state index contributed by atoms with van der Waals surface area (Å²) >= 11 is 15.6. The Morgan fingerprint density at radius 3 is 2.62 bits per heavy atom. The van der Waals surface area contributed by atoms with E-state index in [4.69, 9.17) is 27.9 Å². The van der Waals surface area contributed by atoms with Crippen molar-refractivity contribution in [1.82, 2.24) is 4.98 Å². The molecule has 1 heterocycles. The molecule has 0 unspecified atom stereocenters. The van der Waals surface area contributed by atoms with Crippen LogP contribution < -0.4 is 5.32 Å². The van der Waals surface area contributed by atoms with Gasteiger partial charge in [0.25, 0.3) is 0 Å². The van der Waals surface area contributed by atoms with Crippen molar-refractivity contribution in [1.29, 1.82) is 0 Å². The number of nitrogens with one attached hydrogen (secondary N) is 1. The Bertz CT molecular complexity index is 942. The van der Waals surface area contributed by atoms with Gasteiger partial charge in [0.2, 0.25) is 0 Å². The molecule has 0 radical (unpaired) electrons. The zero-order valence-electron chi connectivity index (χ0n) is 12.4. The molecule has 0 aliphatic rings. The number of hydrogen-bond acceptors (Lipinski definition) is 4. The molecule has 122 valence electrons. The second-order valence-corrected chi connectivity index (χ2v) is 6.68. The number of nitrogens with zero attached hydrogens (tertiary/aromatic N) is 1. The zero-order chi connectivity index (χ0) is 17.3. The van der Waals surface area contributed by atoms with Crippen LogP contribution in [0.5, 0.6) is 0 Å². The lowest BCUT2D eigenvalue weighted by atomic mass is 10.1. The normalized spacial score (nSPS) is 10.7. The summed E-state index contributed by atoms with van der Waals surface area (Å²) in [5.74, 6) is -0.479. The third kappa shape index (κ3) is 3.34. The van der Waals surface area contributed by atoms with Crippen molar-refractivity contribution >= 4 is 67.4 Å². The van der Waals surface area contributed by atoms with Crippen LogP contribution in [0.2, 0.25) is 10.0 Å². The summed E-state index contributed by atoms with van der Waals surface area (Å²) in [6, 6.07) is 10.4. The highest BCUT2D eigenvalue weighted by Gasteiger charge is 2.15. The molecule has 0 amide bonds. The Hall–Kier alpha value is -1.82. The van der Waals surface area contributed by atoms with Gasteiger partial charge in [-0.05, 0) is 52.3 Å². The smallest absolute Gasteiger partial charge is 0.340 e. The maximum Gasteiger partial charge on any atom is 0.340 e. The lowest BCUT2D eigenvalue weighted by Crippen LogP contribution is -2.06. The molecule has 0 bridgehead atoms. The van der Waals surface area contributed by atoms with E-state index in [2.05, 4.69) is 26.2 Å². The van der Waals surface area contributed by atoms with E-state index in [-0.39, 0.29) is 0 Å². The monoisotopic (exact) mass is 424 g/mol. The Morgan fingerprint density at radius 2 is 1.88 bits per heavy atom. The summed E-state index contributed by atoms with van der Waals surface area (Å²) in [5.41, 5.74) is 2.43. The maximum atomic E-state index is 12.0. The molecule has 0 saturated heterocycles. The number of benzene rings is 2. The van der Waals surface area contributed by atoms with Gasteiger partial charge in [0.1, 0.15) is 0 Å². The highest BCUT2D eigenvalue weighted by molar-refractivity contribution is 9.10. The van der Waals surface area contributed by atoms with Gasteiger partial charge >= 0.3 is 5.97 Å². The minimum Gasteiger partial charge on any atom is -0.465 e. The van der Waals surface area contributed by atoms with Crippen LogP contribution >= 0.6 is 39.1 Å². The molecule has 4 nitrogen and oxygen atoms in total. The molecule has 3 aromatic rings. The summed E-state index contributed by atoms with van der Waals surface area (Å²) < 4.78 is 5.56. The van der Waals surface area contributed by atoms with E-state index < -0.39 is 5.97 Å². The van der Waals surface area contributed by atoms with Crippen LogP contribution in [-0.4, -0.2) is 18.1 Å². The summed E-state index contributed by atoms with van der Waals surface area (Å²) in [4.78, 5) is 16.4. The molecular weight excluding hydrogens is 415 g/mol. The first-order valence-electron chi connectivity index (χ1n) is 6.88. The van der Waals surface area contributed by atoms with Crippen molar-refractivity contribution in [3.63, 3.8) is 0 Å². The van der Waals surface area contributed by atoms with Crippen molar-refractivity contribution in [2.45, 2.75) is 0 Å². The first-order chi connectivity index (χ1) is 11.5. The molecule has 0 saturated carbocycles. The first kappa shape index (κ1) is 17.0. The number of methoxy groups -OCH3 is 1. The van der Waals surface area contributed by atoms with Crippen LogP contribution in [0.1, 0.15) is 10.4 Å². The molecule has 0 aliphatic carbocycles. The van der Waals surface area contributed by atoms with Crippen LogP contribution in [0.25, 0.3) is 10.9 Å². The molecule has 0 spiro atoms. The number of hydrogen-bond donors (Lipinski definition) is 1. The van der Waals surface area contributed by atoms with Gasteiger partial charge in [-0.2, -0.15) is 0 Å². The number of carbonyl (C=O) groups excluding carboxylic acids is 1. The van der Waals surface area contributed by atoms with E-state index in [1.54, 1.807) is 30.5 Å². The van der Waals surface area contributed by atoms with Gasteiger partial charge in [-0.15, -0.1) is 0 Å². The minimum absolute atomic E-state index is 0.337. The van der Waals surface area contributed by atoms with E-state index in [1.165, 1.54) is 7.11 Å². The van der Waals surface area contributed by atoms with Crippen LogP contribution in [0.3, 0.4) is 0 Å². The van der Waals surface area contributed by atoms with Crippen LogP contribution in [0, 0.1) is 0 Å². The first-order valence-corrected chi connectivity index (χ1v) is 8.43. The van der Waals surface area contributed by atoms with Crippen molar-refractivity contribution in [3.05, 3.63) is 62.7 Å². The molecule has 0 aliphatic heterocycles. The average Bonchev–Trinajstić information content (AvgIpc) is 2.58. The van der Waals surface area contributed by atoms with Crippen LogP contribution in [0.15, 0.2) is 47.1 Å². The summed E-state index contributed by atoms with van der Waals surface area (Å²) in [6.45, 7) is 0. The quantitative estimate of drug-likeness (QED) is 0.536. The van der Waals surface area contributed by atoms with Crippen molar-refractivity contribution < 1.29 is 9.53 Å². The zero-order valence-corrected chi connectivity index (χ0v) is 15.5. The molecular formula is C17H11BrCl2N2O2.